The highest BCUT2D eigenvalue weighted by Crippen LogP contribution is 2.31. The van der Waals surface area contributed by atoms with Crippen LogP contribution in [0.1, 0.15) is 44.8 Å². The van der Waals surface area contributed by atoms with Crippen molar-refractivity contribution >= 4 is 0 Å². The molecule has 2 aromatic heterocycles. The molecule has 1 unspecified atom stereocenters. The molecule has 0 radical (unpaired) electrons. The second-order valence-electron chi connectivity index (χ2n) is 6.30. The van der Waals surface area contributed by atoms with Crippen LogP contribution in [0.25, 0.3) is 0 Å². The summed E-state index contributed by atoms with van der Waals surface area (Å²) in [6.07, 6.45) is 6.36. The van der Waals surface area contributed by atoms with Gasteiger partial charge in [-0.2, -0.15) is 0 Å². The van der Waals surface area contributed by atoms with E-state index in [1.165, 1.54) is 0 Å². The Labute approximate surface area is 130 Å². The number of hydrogen-bond donors (Lipinski definition) is 1. The summed E-state index contributed by atoms with van der Waals surface area (Å²) in [4.78, 5) is 6.63. The van der Waals surface area contributed by atoms with Crippen LogP contribution in [0.4, 0.5) is 0 Å². The standard InChI is InChI=1S/C15H24N6O/c1-4-20-8-6-16-14(20)10-19-7-5-15(22,11-19)13-9-21(12(2)3)18-17-13/h6,8-9,12,22H,4-5,7,10-11H2,1-3H3. The fourth-order valence-electron chi connectivity index (χ4n) is 2.94. The van der Waals surface area contributed by atoms with Gasteiger partial charge in [0.15, 0.2) is 0 Å². The molecule has 7 heteroatoms. The van der Waals surface area contributed by atoms with Crippen LogP contribution in [0, 0.1) is 0 Å². The van der Waals surface area contributed by atoms with E-state index in [1.807, 2.05) is 32.4 Å². The SMILES string of the molecule is CCn1ccnc1CN1CCC(O)(c2cn(C(C)C)nn2)C1. The van der Waals surface area contributed by atoms with E-state index in [9.17, 15) is 5.11 Å². The molecular weight excluding hydrogens is 280 g/mol. The Balaban J connectivity index is 1.70. The molecule has 0 amide bonds. The molecule has 1 aliphatic rings. The number of aromatic nitrogens is 5. The number of imidazole rings is 1. The maximum atomic E-state index is 10.9. The number of likely N-dealkylation sites (tertiary alicyclic amines) is 1. The topological polar surface area (TPSA) is 72.0 Å². The second kappa shape index (κ2) is 5.81. The van der Waals surface area contributed by atoms with E-state index in [0.717, 1.165) is 25.5 Å². The van der Waals surface area contributed by atoms with Crippen molar-refractivity contribution in [2.75, 3.05) is 13.1 Å². The summed E-state index contributed by atoms with van der Waals surface area (Å²) in [5, 5.41) is 19.2. The molecule has 2 aromatic rings. The average Bonchev–Trinajstić information content (AvgIpc) is 3.19. The lowest BCUT2D eigenvalue weighted by Crippen LogP contribution is -2.31. The Hall–Kier alpha value is -1.73. The van der Waals surface area contributed by atoms with Gasteiger partial charge < -0.3 is 9.67 Å². The van der Waals surface area contributed by atoms with Gasteiger partial charge in [0.05, 0.1) is 12.7 Å². The summed E-state index contributed by atoms with van der Waals surface area (Å²) < 4.78 is 3.92. The number of aliphatic hydroxyl groups is 1. The number of hydrogen-bond acceptors (Lipinski definition) is 5. The predicted octanol–water partition coefficient (Wildman–Crippen LogP) is 1.17. The smallest absolute Gasteiger partial charge is 0.124 e. The van der Waals surface area contributed by atoms with Gasteiger partial charge in [0.1, 0.15) is 17.1 Å². The lowest BCUT2D eigenvalue weighted by atomic mass is 10.00. The Morgan fingerprint density at radius 2 is 2.23 bits per heavy atom. The Bertz CT molecular complexity index is 634. The molecule has 120 valence electrons. The molecule has 0 bridgehead atoms. The third-order valence-corrected chi connectivity index (χ3v) is 4.35. The zero-order chi connectivity index (χ0) is 15.7. The first-order chi connectivity index (χ1) is 10.5. The van der Waals surface area contributed by atoms with Crippen molar-refractivity contribution in [3.63, 3.8) is 0 Å². The first-order valence-electron chi connectivity index (χ1n) is 7.89. The molecule has 1 aliphatic heterocycles. The fraction of sp³-hybridized carbons (Fsp3) is 0.667. The molecule has 0 spiro atoms. The largest absolute Gasteiger partial charge is 0.382 e. The fourth-order valence-corrected chi connectivity index (χ4v) is 2.94. The van der Waals surface area contributed by atoms with Crippen LogP contribution in [0.15, 0.2) is 18.6 Å². The Morgan fingerprint density at radius 3 is 2.91 bits per heavy atom. The molecule has 1 atom stereocenters. The van der Waals surface area contributed by atoms with E-state index in [4.69, 9.17) is 0 Å². The van der Waals surface area contributed by atoms with E-state index in [0.29, 0.717) is 18.7 Å². The molecule has 1 saturated heterocycles. The van der Waals surface area contributed by atoms with Crippen LogP contribution in [0.2, 0.25) is 0 Å². The first kappa shape index (κ1) is 15.2. The van der Waals surface area contributed by atoms with Crippen molar-refractivity contribution in [1.29, 1.82) is 0 Å². The monoisotopic (exact) mass is 304 g/mol. The van der Waals surface area contributed by atoms with Crippen LogP contribution in [-0.2, 0) is 18.7 Å². The molecular formula is C15H24N6O. The zero-order valence-electron chi connectivity index (χ0n) is 13.5. The molecule has 3 heterocycles. The summed E-state index contributed by atoms with van der Waals surface area (Å²) in [5.41, 5.74) is -0.237. The van der Waals surface area contributed by atoms with E-state index >= 15 is 0 Å². The van der Waals surface area contributed by atoms with Crippen molar-refractivity contribution in [2.24, 2.45) is 0 Å². The van der Waals surface area contributed by atoms with Gasteiger partial charge in [-0.3, -0.25) is 4.90 Å². The van der Waals surface area contributed by atoms with Gasteiger partial charge in [0.2, 0.25) is 0 Å². The van der Waals surface area contributed by atoms with Gasteiger partial charge >= 0.3 is 0 Å². The maximum Gasteiger partial charge on any atom is 0.124 e. The maximum absolute atomic E-state index is 10.9. The van der Waals surface area contributed by atoms with Gasteiger partial charge in [0, 0.05) is 38.1 Å². The van der Waals surface area contributed by atoms with Crippen LogP contribution in [0.5, 0.6) is 0 Å². The minimum atomic E-state index is -0.906. The van der Waals surface area contributed by atoms with E-state index in [-0.39, 0.29) is 6.04 Å². The van der Waals surface area contributed by atoms with Gasteiger partial charge in [0.25, 0.3) is 0 Å². The molecule has 3 rings (SSSR count). The lowest BCUT2D eigenvalue weighted by molar-refractivity contribution is 0.0404. The van der Waals surface area contributed by atoms with Crippen LogP contribution >= 0.6 is 0 Å². The van der Waals surface area contributed by atoms with E-state index in [1.54, 1.807) is 4.68 Å². The van der Waals surface area contributed by atoms with Gasteiger partial charge in [-0.25, -0.2) is 9.67 Å². The van der Waals surface area contributed by atoms with Gasteiger partial charge in [-0.15, -0.1) is 5.10 Å². The molecule has 7 nitrogen and oxygen atoms in total. The van der Waals surface area contributed by atoms with E-state index < -0.39 is 5.60 Å². The minimum Gasteiger partial charge on any atom is -0.382 e. The predicted molar refractivity (Wildman–Crippen MR) is 82.1 cm³/mol. The highest BCUT2D eigenvalue weighted by atomic mass is 16.3. The van der Waals surface area contributed by atoms with Crippen molar-refractivity contribution in [3.8, 4) is 0 Å². The number of rotatable bonds is 5. The van der Waals surface area contributed by atoms with Crippen molar-refractivity contribution < 1.29 is 5.11 Å². The number of nitrogens with zero attached hydrogens (tertiary/aromatic N) is 6. The normalized spacial score (nSPS) is 22.8. The quantitative estimate of drug-likeness (QED) is 0.898. The highest BCUT2D eigenvalue weighted by Gasteiger charge is 2.40. The zero-order valence-corrected chi connectivity index (χ0v) is 13.5. The summed E-state index contributed by atoms with van der Waals surface area (Å²) in [7, 11) is 0. The molecule has 22 heavy (non-hydrogen) atoms. The number of β-amino-alcohol motifs (C(OH)–C–C–N with tert-alkyl or cyclic N) is 1. The third-order valence-electron chi connectivity index (χ3n) is 4.35. The number of aryl methyl sites for hydroxylation is 1. The third kappa shape index (κ3) is 2.78. The van der Waals surface area contributed by atoms with Crippen molar-refractivity contribution in [1.82, 2.24) is 29.4 Å². The minimum absolute atomic E-state index is 0.249. The average molecular weight is 304 g/mol. The molecule has 1 fully saturated rings. The van der Waals surface area contributed by atoms with Crippen molar-refractivity contribution in [3.05, 3.63) is 30.1 Å². The summed E-state index contributed by atoms with van der Waals surface area (Å²) >= 11 is 0. The van der Waals surface area contributed by atoms with Crippen LogP contribution < -0.4 is 0 Å². The summed E-state index contributed by atoms with van der Waals surface area (Å²) in [5.74, 6) is 1.04. The van der Waals surface area contributed by atoms with Crippen molar-refractivity contribution in [2.45, 2.75) is 51.9 Å². The van der Waals surface area contributed by atoms with Gasteiger partial charge in [-0.05, 0) is 27.2 Å². The highest BCUT2D eigenvalue weighted by molar-refractivity contribution is 5.11. The molecule has 0 aromatic carbocycles. The first-order valence-corrected chi connectivity index (χ1v) is 7.89. The van der Waals surface area contributed by atoms with Gasteiger partial charge in [-0.1, -0.05) is 5.21 Å². The molecule has 1 N–H and O–H groups in total. The summed E-state index contributed by atoms with van der Waals surface area (Å²) in [6, 6.07) is 0.249. The molecule has 0 aliphatic carbocycles. The Morgan fingerprint density at radius 1 is 1.41 bits per heavy atom. The second-order valence-corrected chi connectivity index (χ2v) is 6.30. The van der Waals surface area contributed by atoms with Crippen LogP contribution in [-0.4, -0.2) is 47.6 Å². The molecule has 0 saturated carbocycles. The van der Waals surface area contributed by atoms with E-state index in [2.05, 4.69) is 31.7 Å². The van der Waals surface area contributed by atoms with Crippen LogP contribution in [0.3, 0.4) is 0 Å². The lowest BCUT2D eigenvalue weighted by Gasteiger charge is -2.21. The Kier molecular flexibility index (Phi) is 4.01. The summed E-state index contributed by atoms with van der Waals surface area (Å²) in [6.45, 7) is 9.28.